The lowest BCUT2D eigenvalue weighted by Gasteiger charge is -2.28. The van der Waals surface area contributed by atoms with Crippen LogP contribution in [0.3, 0.4) is 0 Å². The van der Waals surface area contributed by atoms with Crippen molar-refractivity contribution in [2.24, 2.45) is 5.41 Å². The number of aliphatic carboxylic acids is 1. The normalized spacial score (nSPS) is 27.4. The Bertz CT molecular complexity index is 447. The van der Waals surface area contributed by atoms with E-state index in [1.165, 1.54) is 0 Å². The molecule has 1 fully saturated rings. The molecule has 1 aliphatic rings. The molecule has 0 bridgehead atoms. The van der Waals surface area contributed by atoms with E-state index in [1.54, 1.807) is 0 Å². The fraction of sp³-hybridized carbons (Fsp3) is 0.533. The molecule has 0 amide bonds. The van der Waals surface area contributed by atoms with Crippen LogP contribution in [0.15, 0.2) is 18.2 Å². The van der Waals surface area contributed by atoms with Gasteiger partial charge in [0, 0.05) is 6.61 Å². The molecule has 98 valence electrons. The van der Waals surface area contributed by atoms with E-state index in [4.69, 9.17) is 4.74 Å². The van der Waals surface area contributed by atoms with Crippen LogP contribution in [-0.4, -0.2) is 23.8 Å². The zero-order chi connectivity index (χ0) is 13.3. The van der Waals surface area contributed by atoms with Gasteiger partial charge in [0.15, 0.2) is 0 Å². The summed E-state index contributed by atoms with van der Waals surface area (Å²) in [5, 5.41) is 9.60. The van der Waals surface area contributed by atoms with Crippen LogP contribution in [0.5, 0.6) is 0 Å². The van der Waals surface area contributed by atoms with Crippen molar-refractivity contribution in [1.29, 1.82) is 0 Å². The minimum atomic E-state index is -0.767. The van der Waals surface area contributed by atoms with Crippen molar-refractivity contribution in [3.05, 3.63) is 34.9 Å². The van der Waals surface area contributed by atoms with E-state index in [-0.39, 0.29) is 6.10 Å². The standard InChI is InChI=1S/C15H20O3/c1-10-5-4-6-11(2)13(10)9-15(14(16)17)7-8-18-12(15)3/h4-6,12H,7-9H2,1-3H3,(H,16,17). The van der Waals surface area contributed by atoms with Crippen LogP contribution in [0.1, 0.15) is 30.0 Å². The second-order valence-corrected chi connectivity index (χ2v) is 5.27. The molecule has 0 radical (unpaired) electrons. The molecule has 3 nitrogen and oxygen atoms in total. The van der Waals surface area contributed by atoms with Crippen molar-refractivity contribution in [3.8, 4) is 0 Å². The summed E-state index contributed by atoms with van der Waals surface area (Å²) < 4.78 is 5.50. The molecule has 18 heavy (non-hydrogen) atoms. The largest absolute Gasteiger partial charge is 0.481 e. The van der Waals surface area contributed by atoms with E-state index in [2.05, 4.69) is 0 Å². The highest BCUT2D eigenvalue weighted by Gasteiger charge is 2.48. The van der Waals surface area contributed by atoms with Crippen molar-refractivity contribution < 1.29 is 14.6 Å². The topological polar surface area (TPSA) is 46.5 Å². The van der Waals surface area contributed by atoms with Gasteiger partial charge in [-0.05, 0) is 50.3 Å². The second kappa shape index (κ2) is 4.73. The number of hydrogen-bond acceptors (Lipinski definition) is 2. The predicted molar refractivity (Wildman–Crippen MR) is 69.7 cm³/mol. The first-order chi connectivity index (χ1) is 8.47. The summed E-state index contributed by atoms with van der Waals surface area (Å²) in [6, 6.07) is 6.09. The van der Waals surface area contributed by atoms with Crippen molar-refractivity contribution in [2.45, 2.75) is 39.7 Å². The Hall–Kier alpha value is -1.35. The van der Waals surface area contributed by atoms with E-state index in [1.807, 2.05) is 39.0 Å². The number of carboxylic acids is 1. The molecule has 1 saturated heterocycles. The molecule has 0 aliphatic carbocycles. The Morgan fingerprint density at radius 3 is 2.50 bits per heavy atom. The summed E-state index contributed by atoms with van der Waals surface area (Å²) in [6.07, 6.45) is 0.924. The molecule has 2 atom stereocenters. The third-order valence-electron chi connectivity index (χ3n) is 4.26. The minimum Gasteiger partial charge on any atom is -0.481 e. The Kier molecular flexibility index (Phi) is 3.44. The molecule has 2 rings (SSSR count). The Balaban J connectivity index is 2.39. The van der Waals surface area contributed by atoms with E-state index < -0.39 is 11.4 Å². The fourth-order valence-electron chi connectivity index (χ4n) is 2.81. The lowest BCUT2D eigenvalue weighted by Crippen LogP contribution is -2.39. The molecule has 1 aromatic carbocycles. The summed E-state index contributed by atoms with van der Waals surface area (Å²) in [5.74, 6) is -0.741. The number of hydrogen-bond donors (Lipinski definition) is 1. The first kappa shape index (κ1) is 13.1. The number of rotatable bonds is 3. The van der Waals surface area contributed by atoms with Crippen molar-refractivity contribution in [1.82, 2.24) is 0 Å². The van der Waals surface area contributed by atoms with Crippen LogP contribution in [0.25, 0.3) is 0 Å². The predicted octanol–water partition coefficient (Wildman–Crippen LogP) is 2.73. The van der Waals surface area contributed by atoms with Crippen LogP contribution in [0.2, 0.25) is 0 Å². The highest BCUT2D eigenvalue weighted by molar-refractivity contribution is 5.76. The number of benzene rings is 1. The summed E-state index contributed by atoms with van der Waals surface area (Å²) in [5.41, 5.74) is 2.71. The average Bonchev–Trinajstić information content (AvgIpc) is 2.67. The molecule has 0 aromatic heterocycles. The molecule has 2 unspecified atom stereocenters. The maximum atomic E-state index is 11.7. The van der Waals surface area contributed by atoms with Gasteiger partial charge in [-0.1, -0.05) is 18.2 Å². The smallest absolute Gasteiger partial charge is 0.312 e. The van der Waals surface area contributed by atoms with Gasteiger partial charge in [0.1, 0.15) is 0 Å². The molecule has 1 aliphatic heterocycles. The summed E-state index contributed by atoms with van der Waals surface area (Å²) in [6.45, 7) is 6.49. The van der Waals surface area contributed by atoms with Crippen LogP contribution in [-0.2, 0) is 16.0 Å². The van der Waals surface area contributed by atoms with Gasteiger partial charge in [-0.15, -0.1) is 0 Å². The highest BCUT2D eigenvalue weighted by atomic mass is 16.5. The molecule has 0 spiro atoms. The molecule has 1 heterocycles. The van der Waals surface area contributed by atoms with Crippen molar-refractivity contribution in [3.63, 3.8) is 0 Å². The third-order valence-corrected chi connectivity index (χ3v) is 4.26. The lowest BCUT2D eigenvalue weighted by molar-refractivity contribution is -0.151. The highest BCUT2D eigenvalue weighted by Crippen LogP contribution is 2.39. The maximum absolute atomic E-state index is 11.7. The summed E-state index contributed by atoms with van der Waals surface area (Å²) in [7, 11) is 0. The minimum absolute atomic E-state index is 0.228. The van der Waals surface area contributed by atoms with E-state index >= 15 is 0 Å². The van der Waals surface area contributed by atoms with Gasteiger partial charge in [0.25, 0.3) is 0 Å². The Labute approximate surface area is 108 Å². The number of aryl methyl sites for hydroxylation is 2. The maximum Gasteiger partial charge on any atom is 0.312 e. The van der Waals surface area contributed by atoms with E-state index in [0.717, 1.165) is 16.7 Å². The monoisotopic (exact) mass is 248 g/mol. The third kappa shape index (κ3) is 2.03. The molecule has 3 heteroatoms. The number of carbonyl (C=O) groups is 1. The zero-order valence-electron chi connectivity index (χ0n) is 11.2. The molecule has 1 N–H and O–H groups in total. The summed E-state index contributed by atoms with van der Waals surface area (Å²) >= 11 is 0. The van der Waals surface area contributed by atoms with Gasteiger partial charge in [0.05, 0.1) is 11.5 Å². The lowest BCUT2D eigenvalue weighted by atomic mass is 9.75. The molecule has 1 aromatic rings. The Morgan fingerprint density at radius 1 is 1.44 bits per heavy atom. The quantitative estimate of drug-likeness (QED) is 0.894. The second-order valence-electron chi connectivity index (χ2n) is 5.27. The van der Waals surface area contributed by atoms with Crippen LogP contribution in [0.4, 0.5) is 0 Å². The number of ether oxygens (including phenoxy) is 1. The van der Waals surface area contributed by atoms with Crippen LogP contribution < -0.4 is 0 Å². The first-order valence-corrected chi connectivity index (χ1v) is 6.37. The van der Waals surface area contributed by atoms with Crippen molar-refractivity contribution in [2.75, 3.05) is 6.61 Å². The Morgan fingerprint density at radius 2 is 2.06 bits per heavy atom. The van der Waals surface area contributed by atoms with Crippen LogP contribution >= 0.6 is 0 Å². The average molecular weight is 248 g/mol. The van der Waals surface area contributed by atoms with Gasteiger partial charge in [-0.2, -0.15) is 0 Å². The molecule has 0 saturated carbocycles. The van der Waals surface area contributed by atoms with E-state index in [9.17, 15) is 9.90 Å². The van der Waals surface area contributed by atoms with Gasteiger partial charge in [0.2, 0.25) is 0 Å². The first-order valence-electron chi connectivity index (χ1n) is 6.37. The van der Waals surface area contributed by atoms with Gasteiger partial charge >= 0.3 is 5.97 Å². The van der Waals surface area contributed by atoms with Gasteiger partial charge in [-0.25, -0.2) is 0 Å². The van der Waals surface area contributed by atoms with Gasteiger partial charge in [-0.3, -0.25) is 4.79 Å². The fourth-order valence-corrected chi connectivity index (χ4v) is 2.81. The van der Waals surface area contributed by atoms with Crippen LogP contribution in [0, 0.1) is 19.3 Å². The molecular weight excluding hydrogens is 228 g/mol. The molecular formula is C15H20O3. The van der Waals surface area contributed by atoms with Crippen molar-refractivity contribution >= 4 is 5.97 Å². The van der Waals surface area contributed by atoms with Gasteiger partial charge < -0.3 is 9.84 Å². The summed E-state index contributed by atoms with van der Waals surface area (Å²) in [4.78, 5) is 11.7. The van der Waals surface area contributed by atoms with E-state index in [0.29, 0.717) is 19.4 Å². The zero-order valence-corrected chi connectivity index (χ0v) is 11.2. The SMILES string of the molecule is Cc1cccc(C)c1CC1(C(=O)O)CCOC1C. The number of carboxylic acid groups (broad SMARTS) is 1.